The Morgan fingerprint density at radius 1 is 1.03 bits per heavy atom. The summed E-state index contributed by atoms with van der Waals surface area (Å²) < 4.78 is 61.6. The van der Waals surface area contributed by atoms with E-state index in [2.05, 4.69) is 10.4 Å². The smallest absolute Gasteiger partial charge is 0.245 e. The van der Waals surface area contributed by atoms with Crippen molar-refractivity contribution >= 4 is 28.9 Å². The minimum absolute atomic E-state index is 0.0102. The lowest BCUT2D eigenvalue weighted by atomic mass is 9.88. The second-order valence-electron chi connectivity index (χ2n) is 6.73. The molecule has 160 valence electrons. The van der Waals surface area contributed by atoms with Crippen LogP contribution in [0.2, 0.25) is 5.22 Å². The normalized spacial score (nSPS) is 18.3. The molecule has 0 aliphatic carbocycles. The summed E-state index contributed by atoms with van der Waals surface area (Å²) in [5, 5.41) is 7.78. The summed E-state index contributed by atoms with van der Waals surface area (Å²) in [6.45, 7) is 0. The van der Waals surface area contributed by atoms with Crippen molar-refractivity contribution in [2.75, 3.05) is 12.1 Å². The number of carbonyl (C=O) groups is 1. The van der Waals surface area contributed by atoms with Crippen LogP contribution in [0.5, 0.6) is 0 Å². The summed E-state index contributed by atoms with van der Waals surface area (Å²) in [6.07, 6.45) is 0. The molecule has 1 amide bonds. The zero-order chi connectivity index (χ0) is 22.3. The van der Waals surface area contributed by atoms with Gasteiger partial charge in [-0.2, -0.15) is 5.10 Å². The highest BCUT2D eigenvalue weighted by molar-refractivity contribution is 6.28. The zero-order valence-electron chi connectivity index (χ0n) is 15.9. The molecule has 1 aliphatic heterocycles. The van der Waals surface area contributed by atoms with Crippen molar-refractivity contribution in [2.24, 2.45) is 5.10 Å². The van der Waals surface area contributed by atoms with Crippen molar-refractivity contribution in [1.82, 2.24) is 5.32 Å². The Morgan fingerprint density at radius 3 is 2.29 bits per heavy atom. The van der Waals surface area contributed by atoms with Gasteiger partial charge in [0.15, 0.2) is 11.0 Å². The van der Waals surface area contributed by atoms with Crippen molar-refractivity contribution < 1.29 is 26.8 Å². The van der Waals surface area contributed by atoms with Crippen molar-refractivity contribution in [3.05, 3.63) is 88.3 Å². The molecule has 1 aromatic heterocycles. The molecule has 2 atom stereocenters. The highest BCUT2D eigenvalue weighted by atomic mass is 35.5. The molecule has 0 spiro atoms. The average molecular weight is 452 g/mol. The number of rotatable bonds is 4. The fourth-order valence-corrected chi connectivity index (χ4v) is 3.67. The number of benzene rings is 2. The molecule has 0 fully saturated rings. The summed E-state index contributed by atoms with van der Waals surface area (Å²) in [5.41, 5.74) is -0.339. The Morgan fingerprint density at radius 2 is 1.71 bits per heavy atom. The van der Waals surface area contributed by atoms with E-state index in [-0.39, 0.29) is 27.9 Å². The Balaban J connectivity index is 1.95. The number of hydrogen-bond donors (Lipinski definition) is 1. The Labute approximate surface area is 178 Å². The summed E-state index contributed by atoms with van der Waals surface area (Å²) in [6, 6.07) is 7.29. The van der Waals surface area contributed by atoms with Crippen LogP contribution < -0.4 is 10.3 Å². The topological polar surface area (TPSA) is 57.8 Å². The molecule has 0 radical (unpaired) electrons. The van der Waals surface area contributed by atoms with Gasteiger partial charge < -0.3 is 9.73 Å². The van der Waals surface area contributed by atoms with Crippen LogP contribution in [0.25, 0.3) is 0 Å². The van der Waals surface area contributed by atoms with E-state index in [0.29, 0.717) is 12.1 Å². The lowest BCUT2D eigenvalue weighted by molar-refractivity contribution is -0.122. The number of nitrogens with zero attached hydrogens (tertiary/aromatic N) is 2. The summed E-state index contributed by atoms with van der Waals surface area (Å²) >= 11 is 5.90. The fourth-order valence-electron chi connectivity index (χ4n) is 3.52. The minimum atomic E-state index is -1.23. The largest absolute Gasteiger partial charge is 0.449 e. The molecule has 0 bridgehead atoms. The van der Waals surface area contributed by atoms with Crippen molar-refractivity contribution in [2.45, 2.75) is 12.0 Å². The van der Waals surface area contributed by atoms with Gasteiger partial charge in [-0.3, -0.25) is 4.79 Å². The van der Waals surface area contributed by atoms with Gasteiger partial charge >= 0.3 is 0 Å². The molecule has 0 saturated carbocycles. The molecule has 10 heteroatoms. The highest BCUT2D eigenvalue weighted by Crippen LogP contribution is 2.40. The number of furan rings is 1. The number of anilines is 1. The van der Waals surface area contributed by atoms with Gasteiger partial charge in [0, 0.05) is 24.7 Å². The summed E-state index contributed by atoms with van der Waals surface area (Å²) in [4.78, 5) is 12.8. The molecule has 1 aliphatic rings. The first kappa shape index (κ1) is 20.9. The Hall–Kier alpha value is -3.33. The number of hydrazone groups is 1. The van der Waals surface area contributed by atoms with Crippen LogP contribution in [-0.4, -0.2) is 24.7 Å². The maximum absolute atomic E-state index is 14.6. The van der Waals surface area contributed by atoms with Gasteiger partial charge in [0.05, 0.1) is 17.3 Å². The van der Waals surface area contributed by atoms with Crippen molar-refractivity contribution in [1.29, 1.82) is 0 Å². The van der Waals surface area contributed by atoms with Gasteiger partial charge in [0.2, 0.25) is 5.91 Å². The number of hydrogen-bond acceptors (Lipinski definition) is 4. The van der Waals surface area contributed by atoms with E-state index in [9.17, 15) is 22.4 Å². The van der Waals surface area contributed by atoms with E-state index >= 15 is 0 Å². The molecule has 4 rings (SSSR count). The van der Waals surface area contributed by atoms with E-state index < -0.39 is 41.1 Å². The van der Waals surface area contributed by atoms with Crippen LogP contribution in [0.1, 0.15) is 17.2 Å². The molecule has 2 heterocycles. The first-order valence-corrected chi connectivity index (χ1v) is 9.43. The van der Waals surface area contributed by atoms with Gasteiger partial charge in [-0.25, -0.2) is 22.6 Å². The van der Waals surface area contributed by atoms with Crippen LogP contribution in [0.15, 0.2) is 58.0 Å². The third kappa shape index (κ3) is 3.76. The van der Waals surface area contributed by atoms with Gasteiger partial charge in [0.25, 0.3) is 0 Å². The van der Waals surface area contributed by atoms with Gasteiger partial charge in [0.1, 0.15) is 29.3 Å². The molecular formula is C21H14ClF4N3O2. The van der Waals surface area contributed by atoms with E-state index in [1.165, 1.54) is 19.2 Å². The molecule has 1 unspecified atom stereocenters. The van der Waals surface area contributed by atoms with Crippen LogP contribution in [0, 0.1) is 23.3 Å². The molecule has 5 nitrogen and oxygen atoms in total. The highest BCUT2D eigenvalue weighted by Gasteiger charge is 2.47. The minimum Gasteiger partial charge on any atom is -0.449 e. The van der Waals surface area contributed by atoms with Crippen LogP contribution >= 0.6 is 11.6 Å². The van der Waals surface area contributed by atoms with E-state index in [1.54, 1.807) is 0 Å². The third-order valence-electron chi connectivity index (χ3n) is 4.87. The Bertz CT molecular complexity index is 1200. The maximum Gasteiger partial charge on any atom is 0.245 e. The lowest BCUT2D eigenvalue weighted by Gasteiger charge is -2.26. The maximum atomic E-state index is 14.6. The Kier molecular flexibility index (Phi) is 5.45. The number of halogens is 5. The lowest BCUT2D eigenvalue weighted by Crippen LogP contribution is -2.45. The number of amides is 1. The summed E-state index contributed by atoms with van der Waals surface area (Å²) in [5.74, 6) is -5.00. The van der Waals surface area contributed by atoms with Gasteiger partial charge in [-0.15, -0.1) is 0 Å². The van der Waals surface area contributed by atoms with Gasteiger partial charge in [-0.05, 0) is 48.0 Å². The van der Waals surface area contributed by atoms with Crippen LogP contribution in [-0.2, 0) is 4.79 Å². The van der Waals surface area contributed by atoms with E-state index in [4.69, 9.17) is 16.0 Å². The van der Waals surface area contributed by atoms with E-state index in [1.807, 2.05) is 0 Å². The first-order valence-electron chi connectivity index (χ1n) is 9.05. The van der Waals surface area contributed by atoms with Gasteiger partial charge in [-0.1, -0.05) is 0 Å². The summed E-state index contributed by atoms with van der Waals surface area (Å²) in [7, 11) is 1.37. The van der Waals surface area contributed by atoms with Crippen LogP contribution in [0.4, 0.5) is 23.2 Å². The monoisotopic (exact) mass is 451 g/mol. The predicted molar refractivity (Wildman–Crippen MR) is 106 cm³/mol. The third-order valence-corrected chi connectivity index (χ3v) is 5.07. The zero-order valence-corrected chi connectivity index (χ0v) is 16.6. The predicted octanol–water partition coefficient (Wildman–Crippen LogP) is 4.61. The van der Waals surface area contributed by atoms with E-state index in [0.717, 1.165) is 29.3 Å². The number of nitrogens with one attached hydrogen (secondary N) is 1. The second kappa shape index (κ2) is 8.07. The van der Waals surface area contributed by atoms with Crippen molar-refractivity contribution in [3.63, 3.8) is 0 Å². The molecule has 1 N–H and O–H groups in total. The quantitative estimate of drug-likeness (QED) is 0.589. The first-order chi connectivity index (χ1) is 14.8. The van der Waals surface area contributed by atoms with Crippen LogP contribution in [0.3, 0.4) is 0 Å². The average Bonchev–Trinajstić information content (AvgIpc) is 3.31. The number of carbonyl (C=O) groups excluding carboxylic acids is 1. The van der Waals surface area contributed by atoms with Crippen molar-refractivity contribution in [3.8, 4) is 0 Å². The fraction of sp³-hybridized carbons (Fsp3) is 0.143. The second-order valence-corrected chi connectivity index (χ2v) is 7.10. The molecule has 2 aromatic carbocycles. The molecule has 0 saturated heterocycles. The number of likely N-dealkylation sites (N-methyl/N-ethyl adjacent to an activating group) is 1. The standard InChI is InChI=1S/C21H14ClF4N3O2/c1-27-21(30)20-18(16-6-7-17(22)31-16)19(12-4-2-10(23)8-13(12)25)28-29(20)15-5-3-11(24)9-14(15)26/h2-9,18,20H,1H3,(H,27,30)/t18-,20?/m1/s1. The SMILES string of the molecule is CNC(=O)C1[C@H](c2ccc(Cl)o2)C(c2ccc(F)cc2F)=NN1c1ccc(F)cc1F. The molecule has 3 aromatic rings. The molecular weight excluding hydrogens is 438 g/mol. The molecule has 31 heavy (non-hydrogen) atoms.